The molecule has 0 radical (unpaired) electrons. The van der Waals surface area contributed by atoms with Gasteiger partial charge in [0.2, 0.25) is 0 Å². The average molecular weight is 407 g/mol. The van der Waals surface area contributed by atoms with Crippen molar-refractivity contribution in [3.63, 3.8) is 0 Å². The molecule has 1 aromatic carbocycles. The second kappa shape index (κ2) is 8.26. The summed E-state index contributed by atoms with van der Waals surface area (Å²) in [5.41, 5.74) is 3.05. The van der Waals surface area contributed by atoms with Gasteiger partial charge >= 0.3 is 0 Å². The summed E-state index contributed by atoms with van der Waals surface area (Å²) in [4.78, 5) is 23.1. The van der Waals surface area contributed by atoms with E-state index in [1.165, 1.54) is 11.5 Å². The highest BCUT2D eigenvalue weighted by molar-refractivity contribution is 6.06. The molecule has 3 aromatic rings. The van der Waals surface area contributed by atoms with Crippen LogP contribution in [0.5, 0.6) is 0 Å². The Bertz CT molecular complexity index is 1020. The first-order valence-corrected chi connectivity index (χ1v) is 11.2. The van der Waals surface area contributed by atoms with Crippen molar-refractivity contribution in [1.82, 2.24) is 19.4 Å². The van der Waals surface area contributed by atoms with Crippen LogP contribution in [0.4, 0.5) is 0 Å². The minimum Gasteiger partial charge on any atom is -0.381 e. The molecule has 0 bridgehead atoms. The second-order valence-electron chi connectivity index (χ2n) is 8.74. The molecule has 30 heavy (non-hydrogen) atoms. The number of hydrogen-bond donors (Lipinski definition) is 1. The summed E-state index contributed by atoms with van der Waals surface area (Å²) >= 11 is 0. The Labute approximate surface area is 177 Å². The number of fused-ring (bicyclic) bond motifs is 1. The third-order valence-electron chi connectivity index (χ3n) is 6.83. The number of imidazole rings is 1. The van der Waals surface area contributed by atoms with Crippen LogP contribution in [0.2, 0.25) is 0 Å². The number of carbonyl (C=O) groups excluding carboxylic acids is 1. The number of hydrogen-bond acceptors (Lipinski definition) is 3. The second-order valence-corrected chi connectivity index (χ2v) is 8.74. The molecule has 1 N–H and O–H groups in total. The standard InChI is InChI=1S/C24H30N4O2/c1-17-14-26-23(19-8-12-30-13-9-19)28(17)16-18-6-10-27(11-7-18)24(29)21-15-25-22-5-3-2-4-20(21)22/h2-5,14-15,18-19,25H,6-13,16H2,1H3. The number of benzene rings is 1. The SMILES string of the molecule is Cc1cnc(C2CCOCC2)n1CC1CCN(C(=O)c2c[nH]c3ccccc23)CC1. The molecule has 6 nitrogen and oxygen atoms in total. The monoisotopic (exact) mass is 406 g/mol. The van der Waals surface area contributed by atoms with Crippen LogP contribution in [0, 0.1) is 12.8 Å². The van der Waals surface area contributed by atoms with E-state index in [1.54, 1.807) is 0 Å². The first-order chi connectivity index (χ1) is 14.7. The van der Waals surface area contributed by atoms with E-state index in [4.69, 9.17) is 9.72 Å². The fourth-order valence-electron chi connectivity index (χ4n) is 4.99. The molecule has 0 spiro atoms. The normalized spacial score (nSPS) is 18.9. The maximum atomic E-state index is 13.1. The molecular weight excluding hydrogens is 376 g/mol. The van der Waals surface area contributed by atoms with Gasteiger partial charge in [-0.25, -0.2) is 4.98 Å². The van der Waals surface area contributed by atoms with E-state index < -0.39 is 0 Å². The van der Waals surface area contributed by atoms with Gasteiger partial charge in [-0.2, -0.15) is 0 Å². The molecule has 2 fully saturated rings. The maximum Gasteiger partial charge on any atom is 0.256 e. The number of ether oxygens (including phenoxy) is 1. The van der Waals surface area contributed by atoms with Crippen LogP contribution in [0.15, 0.2) is 36.7 Å². The molecule has 2 saturated heterocycles. The highest BCUT2D eigenvalue weighted by Crippen LogP contribution is 2.29. The van der Waals surface area contributed by atoms with Crippen molar-refractivity contribution in [2.45, 2.75) is 45.1 Å². The predicted octanol–water partition coefficient (Wildman–Crippen LogP) is 4.12. The lowest BCUT2D eigenvalue weighted by Gasteiger charge is -2.33. The third-order valence-corrected chi connectivity index (χ3v) is 6.83. The highest BCUT2D eigenvalue weighted by atomic mass is 16.5. The Balaban J connectivity index is 1.24. The van der Waals surface area contributed by atoms with Gasteiger partial charge in [-0.3, -0.25) is 4.79 Å². The zero-order valence-corrected chi connectivity index (χ0v) is 17.6. The third kappa shape index (κ3) is 3.65. The van der Waals surface area contributed by atoms with Crippen molar-refractivity contribution < 1.29 is 9.53 Å². The zero-order valence-electron chi connectivity index (χ0n) is 17.6. The number of aromatic nitrogens is 3. The van der Waals surface area contributed by atoms with Gasteiger partial charge in [0.15, 0.2) is 0 Å². The van der Waals surface area contributed by atoms with Gasteiger partial charge in [-0.15, -0.1) is 0 Å². The molecule has 2 aromatic heterocycles. The van der Waals surface area contributed by atoms with Gasteiger partial charge in [-0.1, -0.05) is 18.2 Å². The quantitative estimate of drug-likeness (QED) is 0.709. The molecule has 2 aliphatic heterocycles. The molecule has 2 aliphatic rings. The first kappa shape index (κ1) is 19.4. The molecule has 158 valence electrons. The Morgan fingerprint density at radius 1 is 1.17 bits per heavy atom. The smallest absolute Gasteiger partial charge is 0.256 e. The van der Waals surface area contributed by atoms with Gasteiger partial charge in [0.05, 0.1) is 5.56 Å². The van der Waals surface area contributed by atoms with E-state index in [0.29, 0.717) is 11.8 Å². The molecule has 0 saturated carbocycles. The van der Waals surface area contributed by atoms with Crippen molar-refractivity contribution in [2.75, 3.05) is 26.3 Å². The highest BCUT2D eigenvalue weighted by Gasteiger charge is 2.27. The van der Waals surface area contributed by atoms with Gasteiger partial charge < -0.3 is 19.2 Å². The molecule has 0 aliphatic carbocycles. The number of aromatic amines is 1. The van der Waals surface area contributed by atoms with Gasteiger partial charge in [0.25, 0.3) is 5.91 Å². The molecule has 6 heteroatoms. The molecule has 1 amide bonds. The van der Waals surface area contributed by atoms with Crippen molar-refractivity contribution in [1.29, 1.82) is 0 Å². The summed E-state index contributed by atoms with van der Waals surface area (Å²) < 4.78 is 7.96. The van der Waals surface area contributed by atoms with Crippen LogP contribution in [-0.2, 0) is 11.3 Å². The van der Waals surface area contributed by atoms with Crippen LogP contribution >= 0.6 is 0 Å². The summed E-state index contributed by atoms with van der Waals surface area (Å²) in [7, 11) is 0. The fraction of sp³-hybridized carbons (Fsp3) is 0.500. The first-order valence-electron chi connectivity index (χ1n) is 11.2. The van der Waals surface area contributed by atoms with Crippen molar-refractivity contribution in [2.24, 2.45) is 5.92 Å². The van der Waals surface area contributed by atoms with E-state index in [-0.39, 0.29) is 5.91 Å². The minimum atomic E-state index is 0.146. The number of piperidine rings is 1. The largest absolute Gasteiger partial charge is 0.381 e. The Hall–Kier alpha value is -2.60. The Morgan fingerprint density at radius 2 is 1.93 bits per heavy atom. The number of rotatable bonds is 4. The van der Waals surface area contributed by atoms with E-state index in [1.807, 2.05) is 41.6 Å². The van der Waals surface area contributed by atoms with Crippen LogP contribution in [-0.4, -0.2) is 51.6 Å². The summed E-state index contributed by atoms with van der Waals surface area (Å²) in [6.07, 6.45) is 8.08. The molecule has 5 rings (SSSR count). The number of H-pyrrole nitrogens is 1. The molecular formula is C24H30N4O2. The lowest BCUT2D eigenvalue weighted by atomic mass is 9.95. The van der Waals surface area contributed by atoms with E-state index in [0.717, 1.165) is 75.0 Å². The van der Waals surface area contributed by atoms with Gasteiger partial charge in [0.1, 0.15) is 5.82 Å². The summed E-state index contributed by atoms with van der Waals surface area (Å²) in [5, 5.41) is 1.01. The minimum absolute atomic E-state index is 0.146. The summed E-state index contributed by atoms with van der Waals surface area (Å²) in [5.74, 6) is 2.47. The number of para-hydroxylation sites is 1. The van der Waals surface area contributed by atoms with Crippen LogP contribution in [0.25, 0.3) is 10.9 Å². The van der Waals surface area contributed by atoms with E-state index in [9.17, 15) is 4.79 Å². The lowest BCUT2D eigenvalue weighted by Crippen LogP contribution is -2.39. The Morgan fingerprint density at radius 3 is 2.73 bits per heavy atom. The average Bonchev–Trinajstić information content (AvgIpc) is 3.38. The van der Waals surface area contributed by atoms with Gasteiger partial charge in [0, 0.05) is 67.8 Å². The number of amides is 1. The van der Waals surface area contributed by atoms with E-state index in [2.05, 4.69) is 16.5 Å². The zero-order chi connectivity index (χ0) is 20.5. The number of likely N-dealkylation sites (tertiary alicyclic amines) is 1. The number of nitrogens with one attached hydrogen (secondary N) is 1. The van der Waals surface area contributed by atoms with Crippen molar-refractivity contribution in [3.05, 3.63) is 53.7 Å². The van der Waals surface area contributed by atoms with Crippen LogP contribution in [0.3, 0.4) is 0 Å². The van der Waals surface area contributed by atoms with Crippen LogP contribution in [0.1, 0.15) is 53.5 Å². The molecule has 4 heterocycles. The van der Waals surface area contributed by atoms with Crippen molar-refractivity contribution in [3.8, 4) is 0 Å². The summed E-state index contributed by atoms with van der Waals surface area (Å²) in [6.45, 7) is 6.49. The van der Waals surface area contributed by atoms with Crippen molar-refractivity contribution >= 4 is 16.8 Å². The fourth-order valence-corrected chi connectivity index (χ4v) is 4.99. The maximum absolute atomic E-state index is 13.1. The molecule has 0 atom stereocenters. The Kier molecular flexibility index (Phi) is 5.34. The predicted molar refractivity (Wildman–Crippen MR) is 117 cm³/mol. The van der Waals surface area contributed by atoms with Gasteiger partial charge in [-0.05, 0) is 44.6 Å². The number of nitrogens with zero attached hydrogens (tertiary/aromatic N) is 3. The van der Waals surface area contributed by atoms with Crippen LogP contribution < -0.4 is 0 Å². The summed E-state index contributed by atoms with van der Waals surface area (Å²) in [6, 6.07) is 8.02. The molecule has 0 unspecified atom stereocenters. The number of carbonyl (C=O) groups is 1. The topological polar surface area (TPSA) is 63.1 Å². The van der Waals surface area contributed by atoms with E-state index >= 15 is 0 Å². The lowest BCUT2D eigenvalue weighted by molar-refractivity contribution is 0.0681. The number of aryl methyl sites for hydroxylation is 1.